The molecule has 11 nitrogen and oxygen atoms in total. The highest BCUT2D eigenvalue weighted by Crippen LogP contribution is 2.39. The molecular formula is C21H25N7O4. The summed E-state index contributed by atoms with van der Waals surface area (Å²) in [5.41, 5.74) is 0.506. The number of amides is 2. The summed E-state index contributed by atoms with van der Waals surface area (Å²) in [6.07, 6.45) is 1.69. The second kappa shape index (κ2) is 11.2. The number of ether oxygens (including phenoxy) is 3. The number of carbonyl (C=O) groups is 1. The first-order valence-corrected chi connectivity index (χ1v) is 9.73. The molecule has 1 aromatic carbocycles. The summed E-state index contributed by atoms with van der Waals surface area (Å²) < 4.78 is 15.8. The molecule has 0 aliphatic heterocycles. The molecule has 0 aliphatic carbocycles. The van der Waals surface area contributed by atoms with Crippen LogP contribution in [0.3, 0.4) is 0 Å². The predicted octanol–water partition coefficient (Wildman–Crippen LogP) is 2.87. The monoisotopic (exact) mass is 439 g/mol. The number of anilines is 4. The molecule has 11 heteroatoms. The number of pyridine rings is 1. The van der Waals surface area contributed by atoms with Gasteiger partial charge in [-0.05, 0) is 24.3 Å². The van der Waals surface area contributed by atoms with Crippen LogP contribution in [0.25, 0.3) is 0 Å². The zero-order valence-corrected chi connectivity index (χ0v) is 18.0. The summed E-state index contributed by atoms with van der Waals surface area (Å²) in [6, 6.07) is 12.0. The summed E-state index contributed by atoms with van der Waals surface area (Å²) in [4.78, 5) is 16.4. The first-order valence-electron chi connectivity index (χ1n) is 9.73. The Kier molecular flexibility index (Phi) is 7.84. The second-order valence-electron chi connectivity index (χ2n) is 6.37. The number of hydrogen-bond donors (Lipinski definition) is 4. The largest absolute Gasteiger partial charge is 0.493 e. The van der Waals surface area contributed by atoms with E-state index in [-0.39, 0.29) is 6.03 Å². The Labute approximate surface area is 185 Å². The standard InChI is InChI=1S/C21H25N7O4/c1-30-15-12-14(13-16(31-2)20(15)32-3)25-21(29)24-11-10-23-18-7-8-19(28-27-18)26-17-6-4-5-9-22-17/h4-9,12-13H,10-11H2,1-3H3,(H,23,27)(H,22,26,28)(H2,24,25,29). The van der Waals surface area contributed by atoms with E-state index in [9.17, 15) is 4.79 Å². The minimum atomic E-state index is -0.373. The van der Waals surface area contributed by atoms with Gasteiger partial charge in [0.25, 0.3) is 0 Å². The van der Waals surface area contributed by atoms with Crippen LogP contribution in [0, 0.1) is 0 Å². The average molecular weight is 439 g/mol. The predicted molar refractivity (Wildman–Crippen MR) is 121 cm³/mol. The van der Waals surface area contributed by atoms with Crippen molar-refractivity contribution in [1.82, 2.24) is 20.5 Å². The fraction of sp³-hybridized carbons (Fsp3) is 0.238. The first-order chi connectivity index (χ1) is 15.6. The Hall–Kier alpha value is -4.28. The smallest absolute Gasteiger partial charge is 0.319 e. The van der Waals surface area contributed by atoms with Crippen molar-refractivity contribution in [2.24, 2.45) is 0 Å². The summed E-state index contributed by atoms with van der Waals surface area (Å²) in [5, 5.41) is 19.8. The molecule has 3 aromatic rings. The van der Waals surface area contributed by atoms with Gasteiger partial charge in [0.2, 0.25) is 5.75 Å². The van der Waals surface area contributed by atoms with Crippen molar-refractivity contribution < 1.29 is 19.0 Å². The maximum absolute atomic E-state index is 12.2. The van der Waals surface area contributed by atoms with Gasteiger partial charge in [-0.15, -0.1) is 10.2 Å². The molecule has 2 heterocycles. The summed E-state index contributed by atoms with van der Waals surface area (Å²) in [5.74, 6) is 3.20. The molecule has 0 saturated carbocycles. The normalized spacial score (nSPS) is 10.1. The number of methoxy groups -OCH3 is 3. The van der Waals surface area contributed by atoms with Gasteiger partial charge >= 0.3 is 6.03 Å². The van der Waals surface area contributed by atoms with E-state index in [1.807, 2.05) is 18.2 Å². The number of nitrogens with one attached hydrogen (secondary N) is 4. The van der Waals surface area contributed by atoms with E-state index in [1.165, 1.54) is 21.3 Å². The molecule has 0 aliphatic rings. The molecule has 2 aromatic heterocycles. The highest BCUT2D eigenvalue weighted by Gasteiger charge is 2.14. The van der Waals surface area contributed by atoms with E-state index in [0.717, 1.165) is 0 Å². The quantitative estimate of drug-likeness (QED) is 0.352. The lowest BCUT2D eigenvalue weighted by Crippen LogP contribution is -2.32. The van der Waals surface area contributed by atoms with Gasteiger partial charge in [-0.2, -0.15) is 0 Å². The number of aromatic nitrogens is 3. The molecule has 0 spiro atoms. The zero-order chi connectivity index (χ0) is 22.8. The van der Waals surface area contributed by atoms with Crippen LogP contribution >= 0.6 is 0 Å². The van der Waals surface area contributed by atoms with Crippen molar-refractivity contribution in [3.05, 3.63) is 48.7 Å². The van der Waals surface area contributed by atoms with Gasteiger partial charge in [-0.1, -0.05) is 6.07 Å². The molecule has 0 bridgehead atoms. The molecule has 32 heavy (non-hydrogen) atoms. The summed E-state index contributed by atoms with van der Waals surface area (Å²) in [6.45, 7) is 0.830. The molecule has 168 valence electrons. The van der Waals surface area contributed by atoms with Crippen molar-refractivity contribution >= 4 is 29.2 Å². The number of benzene rings is 1. The summed E-state index contributed by atoms with van der Waals surface area (Å²) in [7, 11) is 4.54. The lowest BCUT2D eigenvalue weighted by molar-refractivity contribution is 0.252. The lowest BCUT2D eigenvalue weighted by atomic mass is 10.2. The third kappa shape index (κ3) is 6.11. The van der Waals surface area contributed by atoms with E-state index in [1.54, 1.807) is 30.5 Å². The lowest BCUT2D eigenvalue weighted by Gasteiger charge is -2.15. The van der Waals surface area contributed by atoms with Crippen LogP contribution in [0.15, 0.2) is 48.7 Å². The van der Waals surface area contributed by atoms with Crippen molar-refractivity contribution in [1.29, 1.82) is 0 Å². The van der Waals surface area contributed by atoms with Crippen LogP contribution in [0.4, 0.5) is 27.9 Å². The topological polar surface area (TPSA) is 132 Å². The maximum atomic E-state index is 12.2. The van der Waals surface area contributed by atoms with Crippen LogP contribution in [-0.4, -0.2) is 55.6 Å². The Morgan fingerprint density at radius 2 is 1.59 bits per heavy atom. The first kappa shape index (κ1) is 22.4. The molecule has 3 rings (SSSR count). The average Bonchev–Trinajstić information content (AvgIpc) is 2.82. The molecular weight excluding hydrogens is 414 g/mol. The highest BCUT2D eigenvalue weighted by atomic mass is 16.5. The van der Waals surface area contributed by atoms with Gasteiger partial charge in [0, 0.05) is 31.4 Å². The maximum Gasteiger partial charge on any atom is 0.319 e. The van der Waals surface area contributed by atoms with Crippen LogP contribution in [0.5, 0.6) is 17.2 Å². The Morgan fingerprint density at radius 3 is 2.19 bits per heavy atom. The third-order valence-electron chi connectivity index (χ3n) is 4.22. The van der Waals surface area contributed by atoms with E-state index < -0.39 is 0 Å². The SMILES string of the molecule is COc1cc(NC(=O)NCCNc2ccc(Nc3ccccn3)nn2)cc(OC)c1OC. The second-order valence-corrected chi connectivity index (χ2v) is 6.37. The molecule has 0 radical (unpaired) electrons. The molecule has 0 fully saturated rings. The van der Waals surface area contributed by atoms with Gasteiger partial charge < -0.3 is 35.5 Å². The van der Waals surface area contributed by atoms with Crippen LogP contribution < -0.4 is 35.5 Å². The number of carbonyl (C=O) groups excluding carboxylic acids is 1. The van der Waals surface area contributed by atoms with Crippen molar-refractivity contribution in [2.45, 2.75) is 0 Å². The van der Waals surface area contributed by atoms with E-state index in [2.05, 4.69) is 36.4 Å². The fourth-order valence-electron chi connectivity index (χ4n) is 2.76. The zero-order valence-electron chi connectivity index (χ0n) is 18.0. The molecule has 2 amide bonds. The number of urea groups is 1. The number of hydrogen-bond acceptors (Lipinski definition) is 9. The Morgan fingerprint density at radius 1 is 0.875 bits per heavy atom. The third-order valence-corrected chi connectivity index (χ3v) is 4.22. The number of rotatable bonds is 10. The van der Waals surface area contributed by atoms with Crippen molar-refractivity contribution in [2.75, 3.05) is 50.4 Å². The van der Waals surface area contributed by atoms with Gasteiger partial charge in [-0.25, -0.2) is 9.78 Å². The minimum absolute atomic E-state index is 0.367. The summed E-state index contributed by atoms with van der Waals surface area (Å²) >= 11 is 0. The van der Waals surface area contributed by atoms with Crippen LogP contribution in [-0.2, 0) is 0 Å². The molecule has 0 atom stereocenters. The van der Waals surface area contributed by atoms with Gasteiger partial charge in [0.1, 0.15) is 11.6 Å². The molecule has 4 N–H and O–H groups in total. The van der Waals surface area contributed by atoms with Crippen LogP contribution in [0.1, 0.15) is 0 Å². The van der Waals surface area contributed by atoms with E-state index >= 15 is 0 Å². The van der Waals surface area contributed by atoms with Gasteiger partial charge in [0.15, 0.2) is 17.3 Å². The fourth-order valence-corrected chi connectivity index (χ4v) is 2.76. The van der Waals surface area contributed by atoms with Crippen molar-refractivity contribution in [3.63, 3.8) is 0 Å². The van der Waals surface area contributed by atoms with E-state index in [4.69, 9.17) is 14.2 Å². The van der Waals surface area contributed by atoms with Gasteiger partial charge in [-0.3, -0.25) is 0 Å². The molecule has 0 saturated heterocycles. The Balaban J connectivity index is 1.44. The Bertz CT molecular complexity index is 991. The van der Waals surface area contributed by atoms with Crippen molar-refractivity contribution in [3.8, 4) is 17.2 Å². The molecule has 0 unspecified atom stereocenters. The van der Waals surface area contributed by atoms with E-state index in [0.29, 0.717) is 53.5 Å². The van der Waals surface area contributed by atoms with Crippen LogP contribution in [0.2, 0.25) is 0 Å². The number of nitrogens with zero attached hydrogens (tertiary/aromatic N) is 3. The minimum Gasteiger partial charge on any atom is -0.493 e. The van der Waals surface area contributed by atoms with Gasteiger partial charge in [0.05, 0.1) is 27.0 Å². The highest BCUT2D eigenvalue weighted by molar-refractivity contribution is 5.90.